The Morgan fingerprint density at radius 3 is 2.18 bits per heavy atom. The van der Waals surface area contributed by atoms with E-state index in [1.807, 2.05) is 0 Å². The van der Waals surface area contributed by atoms with Gasteiger partial charge in [-0.05, 0) is 50.5 Å². The van der Waals surface area contributed by atoms with Gasteiger partial charge in [0.05, 0.1) is 5.54 Å². The lowest BCUT2D eigenvalue weighted by molar-refractivity contribution is 0.361. The molecule has 0 aliphatic carbocycles. The Morgan fingerprint density at radius 2 is 1.59 bits per heavy atom. The van der Waals surface area contributed by atoms with Gasteiger partial charge in [-0.2, -0.15) is 0 Å². The van der Waals surface area contributed by atoms with E-state index in [0.29, 0.717) is 0 Å². The van der Waals surface area contributed by atoms with E-state index in [-0.39, 0.29) is 11.0 Å². The molecule has 1 aliphatic heterocycles. The summed E-state index contributed by atoms with van der Waals surface area (Å²) in [5, 5.41) is 0. The van der Waals surface area contributed by atoms with Gasteiger partial charge in [-0.1, -0.05) is 56.4 Å². The van der Waals surface area contributed by atoms with Crippen LogP contribution in [0.15, 0.2) is 59.7 Å². The van der Waals surface area contributed by atoms with Crippen LogP contribution in [0.2, 0.25) is 0 Å². The molecule has 1 nitrogen and oxygen atoms in total. The highest BCUT2D eigenvalue weighted by Crippen LogP contribution is 2.51. The number of benzene rings is 1. The van der Waals surface area contributed by atoms with Gasteiger partial charge in [-0.3, -0.25) is 0 Å². The summed E-state index contributed by atoms with van der Waals surface area (Å²) in [5.74, 6) is 0. The molecule has 0 aromatic heterocycles. The summed E-state index contributed by atoms with van der Waals surface area (Å²) in [4.78, 5) is 2.41. The highest BCUT2D eigenvalue weighted by molar-refractivity contribution is 5.67. The highest BCUT2D eigenvalue weighted by atomic mass is 15.2. The molecule has 0 bridgehead atoms. The molecular formula is C21H29N. The van der Waals surface area contributed by atoms with Crippen LogP contribution in [0.25, 0.3) is 0 Å². The molecule has 1 heterocycles. The number of rotatable bonds is 3. The van der Waals surface area contributed by atoms with Crippen molar-refractivity contribution in [3.63, 3.8) is 0 Å². The number of likely N-dealkylation sites (N-methyl/N-ethyl adjacent to an activating group) is 1. The summed E-state index contributed by atoms with van der Waals surface area (Å²) in [7, 11) is 2.20. The SMILES string of the molecule is C\C=C/C(C)=C(C)/C=C\C1(C)N(C)c2ccccc2C1(C)C. The third-order valence-corrected chi connectivity index (χ3v) is 5.60. The molecule has 2 rings (SSSR count). The van der Waals surface area contributed by atoms with Crippen molar-refractivity contribution in [2.75, 3.05) is 11.9 Å². The first-order valence-corrected chi connectivity index (χ1v) is 8.08. The number of hydrogen-bond acceptors (Lipinski definition) is 1. The summed E-state index contributed by atoms with van der Waals surface area (Å²) >= 11 is 0. The van der Waals surface area contributed by atoms with Crippen molar-refractivity contribution in [1.82, 2.24) is 0 Å². The molecule has 0 N–H and O–H groups in total. The normalized spacial score (nSPS) is 25.0. The zero-order valence-corrected chi connectivity index (χ0v) is 15.1. The number of anilines is 1. The van der Waals surface area contributed by atoms with Gasteiger partial charge in [-0.15, -0.1) is 0 Å². The average molecular weight is 295 g/mol. The minimum absolute atomic E-state index is 0.0336. The van der Waals surface area contributed by atoms with Gasteiger partial charge >= 0.3 is 0 Å². The molecule has 1 unspecified atom stereocenters. The Kier molecular flexibility index (Phi) is 4.37. The van der Waals surface area contributed by atoms with Crippen molar-refractivity contribution in [1.29, 1.82) is 0 Å². The standard InChI is InChI=1S/C21H29N/c1-8-11-16(2)17(3)14-15-21(6)20(4,5)18-12-9-10-13-19(18)22(21)7/h8-15H,1-7H3/b11-8-,15-14-,17-16+. The lowest BCUT2D eigenvalue weighted by Crippen LogP contribution is -2.50. The van der Waals surface area contributed by atoms with Crippen LogP contribution < -0.4 is 4.90 Å². The van der Waals surface area contributed by atoms with Gasteiger partial charge in [0.1, 0.15) is 0 Å². The molecular weight excluding hydrogens is 266 g/mol. The Bertz CT molecular complexity index is 646. The minimum atomic E-state index is -0.0336. The molecule has 1 heteroatoms. The van der Waals surface area contributed by atoms with Crippen LogP contribution in [0.1, 0.15) is 47.1 Å². The Balaban J connectivity index is 2.45. The zero-order chi connectivity index (χ0) is 16.5. The van der Waals surface area contributed by atoms with Crippen molar-refractivity contribution >= 4 is 5.69 Å². The fourth-order valence-electron chi connectivity index (χ4n) is 3.36. The second kappa shape index (κ2) is 5.79. The molecule has 1 atom stereocenters. The summed E-state index contributed by atoms with van der Waals surface area (Å²) < 4.78 is 0. The van der Waals surface area contributed by atoms with Crippen LogP contribution in [0.5, 0.6) is 0 Å². The number of hydrogen-bond donors (Lipinski definition) is 0. The lowest BCUT2D eigenvalue weighted by Gasteiger charge is -2.41. The maximum atomic E-state index is 2.41. The largest absolute Gasteiger partial charge is 0.365 e. The smallest absolute Gasteiger partial charge is 0.0648 e. The minimum Gasteiger partial charge on any atom is -0.365 e. The molecule has 0 fully saturated rings. The molecule has 0 radical (unpaired) electrons. The van der Waals surface area contributed by atoms with Gasteiger partial charge in [0.2, 0.25) is 0 Å². The molecule has 0 saturated carbocycles. The number of nitrogens with zero attached hydrogens (tertiary/aromatic N) is 1. The fraction of sp³-hybridized carbons (Fsp3) is 0.429. The Labute approximate surface area is 136 Å². The molecule has 1 aliphatic rings. The first kappa shape index (κ1) is 16.6. The van der Waals surface area contributed by atoms with E-state index in [2.05, 4.69) is 102 Å². The summed E-state index contributed by atoms with van der Waals surface area (Å²) in [5.41, 5.74) is 5.44. The van der Waals surface area contributed by atoms with Crippen LogP contribution in [0, 0.1) is 0 Å². The first-order chi connectivity index (χ1) is 10.3. The number of fused-ring (bicyclic) bond motifs is 1. The van der Waals surface area contributed by atoms with Crippen molar-refractivity contribution in [3.8, 4) is 0 Å². The average Bonchev–Trinajstić information content (AvgIpc) is 2.65. The topological polar surface area (TPSA) is 3.24 Å². The van der Waals surface area contributed by atoms with Crippen molar-refractivity contribution in [2.24, 2.45) is 0 Å². The maximum Gasteiger partial charge on any atom is 0.0648 e. The van der Waals surface area contributed by atoms with E-state index in [1.54, 1.807) is 0 Å². The first-order valence-electron chi connectivity index (χ1n) is 8.08. The number of para-hydroxylation sites is 1. The quantitative estimate of drug-likeness (QED) is 0.652. The maximum absolute atomic E-state index is 2.41. The molecule has 0 saturated heterocycles. The van der Waals surface area contributed by atoms with E-state index in [1.165, 1.54) is 22.4 Å². The second-order valence-corrected chi connectivity index (χ2v) is 7.05. The third-order valence-electron chi connectivity index (χ3n) is 5.60. The van der Waals surface area contributed by atoms with Crippen LogP contribution in [0.4, 0.5) is 5.69 Å². The van der Waals surface area contributed by atoms with E-state index in [4.69, 9.17) is 0 Å². The molecule has 1 aromatic carbocycles. The fourth-order valence-corrected chi connectivity index (χ4v) is 3.36. The molecule has 1 aromatic rings. The summed E-state index contributed by atoms with van der Waals surface area (Å²) in [6.07, 6.45) is 8.91. The third kappa shape index (κ3) is 2.43. The van der Waals surface area contributed by atoms with Crippen molar-refractivity contribution in [2.45, 2.75) is 52.5 Å². The Hall–Kier alpha value is -1.76. The highest BCUT2D eigenvalue weighted by Gasteiger charge is 2.50. The zero-order valence-electron chi connectivity index (χ0n) is 15.1. The van der Waals surface area contributed by atoms with Gasteiger partial charge in [-0.25, -0.2) is 0 Å². The molecule has 22 heavy (non-hydrogen) atoms. The number of allylic oxidation sites excluding steroid dienone is 5. The summed E-state index contributed by atoms with van der Waals surface area (Å²) in [6.45, 7) is 13.4. The Morgan fingerprint density at radius 1 is 1.00 bits per heavy atom. The lowest BCUT2D eigenvalue weighted by atomic mass is 9.71. The van der Waals surface area contributed by atoms with Crippen molar-refractivity contribution in [3.05, 3.63) is 65.3 Å². The van der Waals surface area contributed by atoms with Crippen LogP contribution in [-0.2, 0) is 5.41 Å². The van der Waals surface area contributed by atoms with Crippen LogP contribution >= 0.6 is 0 Å². The van der Waals surface area contributed by atoms with E-state index in [0.717, 1.165) is 0 Å². The second-order valence-electron chi connectivity index (χ2n) is 7.05. The van der Waals surface area contributed by atoms with E-state index >= 15 is 0 Å². The van der Waals surface area contributed by atoms with Gasteiger partial charge in [0.25, 0.3) is 0 Å². The van der Waals surface area contributed by atoms with Crippen LogP contribution in [0.3, 0.4) is 0 Å². The molecule has 0 amide bonds. The van der Waals surface area contributed by atoms with Gasteiger partial charge in [0.15, 0.2) is 0 Å². The molecule has 0 spiro atoms. The van der Waals surface area contributed by atoms with Crippen LogP contribution in [-0.4, -0.2) is 12.6 Å². The monoisotopic (exact) mass is 295 g/mol. The predicted molar refractivity (Wildman–Crippen MR) is 98.6 cm³/mol. The van der Waals surface area contributed by atoms with E-state index < -0.39 is 0 Å². The summed E-state index contributed by atoms with van der Waals surface area (Å²) in [6, 6.07) is 8.76. The predicted octanol–water partition coefficient (Wildman–Crippen LogP) is 5.64. The van der Waals surface area contributed by atoms with E-state index in [9.17, 15) is 0 Å². The van der Waals surface area contributed by atoms with Crippen molar-refractivity contribution < 1.29 is 0 Å². The molecule has 118 valence electrons. The van der Waals surface area contributed by atoms with Gasteiger partial charge in [0, 0.05) is 18.2 Å². The van der Waals surface area contributed by atoms with Gasteiger partial charge < -0.3 is 4.90 Å².